The van der Waals surface area contributed by atoms with Crippen LogP contribution in [0.3, 0.4) is 0 Å². The molecule has 0 radical (unpaired) electrons. The summed E-state index contributed by atoms with van der Waals surface area (Å²) in [5.74, 6) is 0.947. The molecule has 0 heterocycles. The molecule has 0 aliphatic heterocycles. The molecule has 0 aliphatic carbocycles. The van der Waals surface area contributed by atoms with E-state index in [0.717, 1.165) is 5.75 Å². The average molecular weight is 478 g/mol. The number of rotatable bonds is 7. The number of hydrogen-bond acceptors (Lipinski definition) is 1. The van der Waals surface area contributed by atoms with Gasteiger partial charge in [0, 0.05) is 10.6 Å². The molecule has 5 rings (SSSR count). The van der Waals surface area contributed by atoms with Crippen LogP contribution in [0.15, 0.2) is 146 Å². The summed E-state index contributed by atoms with van der Waals surface area (Å²) in [7, 11) is 0.970. The summed E-state index contributed by atoms with van der Waals surface area (Å²) in [6.07, 6.45) is 0. The van der Waals surface area contributed by atoms with Crippen LogP contribution in [0, 0.1) is 0 Å². The van der Waals surface area contributed by atoms with Crippen LogP contribution in [0.5, 0.6) is 5.75 Å². The van der Waals surface area contributed by atoms with Crippen LogP contribution in [0.1, 0.15) is 0 Å². The normalized spacial score (nSPS) is 11.4. The van der Waals surface area contributed by atoms with E-state index in [1.807, 2.05) is 0 Å². The first-order valence-electron chi connectivity index (χ1n) is 11.4. The molecular weight excluding hydrogens is 450 g/mol. The maximum absolute atomic E-state index is 6.05. The van der Waals surface area contributed by atoms with E-state index >= 15 is 0 Å². The van der Waals surface area contributed by atoms with E-state index in [9.17, 15) is 0 Å². The maximum Gasteiger partial charge on any atom is 0.161 e. The molecule has 0 saturated carbocycles. The lowest BCUT2D eigenvalue weighted by Gasteiger charge is -2.35. The molecule has 34 heavy (non-hydrogen) atoms. The third-order valence-electron chi connectivity index (χ3n) is 6.00. The molecule has 0 spiro atoms. The Labute approximate surface area is 204 Å². The summed E-state index contributed by atoms with van der Waals surface area (Å²) in [6, 6.07) is 52.9. The second-order valence-corrected chi connectivity index (χ2v) is 15.4. The van der Waals surface area contributed by atoms with E-state index in [2.05, 4.69) is 146 Å². The van der Waals surface area contributed by atoms with E-state index in [0.29, 0.717) is 0 Å². The van der Waals surface area contributed by atoms with Crippen LogP contribution in [0.4, 0.5) is 0 Å². The van der Waals surface area contributed by atoms with Crippen LogP contribution >= 0.6 is 14.6 Å². The van der Waals surface area contributed by atoms with Crippen molar-refractivity contribution < 1.29 is 4.74 Å². The predicted octanol–water partition coefficient (Wildman–Crippen LogP) is 6.04. The van der Waals surface area contributed by atoms with Crippen LogP contribution in [-0.4, -0.2) is 7.11 Å². The Morgan fingerprint density at radius 1 is 0.471 bits per heavy atom. The molecule has 0 bridgehead atoms. The summed E-state index contributed by atoms with van der Waals surface area (Å²) in [5, 5.41) is 6.76. The Bertz CT molecular complexity index is 1240. The minimum Gasteiger partial charge on any atom is -0.493 e. The smallest absolute Gasteiger partial charge is 0.161 e. The first-order chi connectivity index (χ1) is 16.9. The van der Waals surface area contributed by atoms with Crippen molar-refractivity contribution in [1.29, 1.82) is 0 Å². The van der Waals surface area contributed by atoms with Crippen LogP contribution in [0.25, 0.3) is 0 Å². The third kappa shape index (κ3) is 4.07. The Hall–Kier alpha value is -3.24. The standard InChI is InChI=1S/C31H27OP2/c1-32-30-24-14-15-25-31(30)34(28-20-10-4-11-21-28,29-22-12-5-13-23-29)33(26-16-6-2-7-17-26)27-18-8-3-9-19-27/h2-25H,1H3/q+1. The van der Waals surface area contributed by atoms with Crippen LogP contribution < -0.4 is 31.3 Å². The summed E-state index contributed by atoms with van der Waals surface area (Å²) in [5.41, 5.74) is 0. The van der Waals surface area contributed by atoms with Gasteiger partial charge in [-0.2, -0.15) is 0 Å². The fraction of sp³-hybridized carbons (Fsp3) is 0.0323. The summed E-state index contributed by atoms with van der Waals surface area (Å²) < 4.78 is 6.05. The van der Waals surface area contributed by atoms with Gasteiger partial charge in [-0.05, 0) is 36.4 Å². The molecule has 0 aliphatic rings. The Balaban J connectivity index is 1.98. The molecule has 166 valence electrons. The molecule has 0 fully saturated rings. The van der Waals surface area contributed by atoms with E-state index < -0.39 is 14.6 Å². The molecule has 5 aromatic carbocycles. The highest BCUT2D eigenvalue weighted by atomic mass is 32.1. The van der Waals surface area contributed by atoms with Crippen molar-refractivity contribution in [3.05, 3.63) is 146 Å². The largest absolute Gasteiger partial charge is 0.493 e. The van der Waals surface area contributed by atoms with E-state index in [1.54, 1.807) is 7.11 Å². The van der Waals surface area contributed by atoms with Crippen molar-refractivity contribution in [2.75, 3.05) is 7.11 Å². The number of para-hydroxylation sites is 1. The molecular formula is C31H27OP2+. The highest BCUT2D eigenvalue weighted by molar-refractivity contribution is 8.52. The lowest BCUT2D eigenvalue weighted by molar-refractivity contribution is 0.418. The van der Waals surface area contributed by atoms with E-state index in [1.165, 1.54) is 26.5 Å². The Morgan fingerprint density at radius 2 is 0.853 bits per heavy atom. The zero-order chi connectivity index (χ0) is 23.2. The topological polar surface area (TPSA) is 9.23 Å². The van der Waals surface area contributed by atoms with Crippen molar-refractivity contribution in [2.24, 2.45) is 0 Å². The SMILES string of the molecule is COc1ccccc1[P+](c1ccccc1)(c1ccccc1)P(c1ccccc1)c1ccccc1. The minimum absolute atomic E-state index is 0.818. The molecule has 0 N–H and O–H groups in total. The summed E-state index contributed by atoms with van der Waals surface area (Å²) in [4.78, 5) is 0. The number of methoxy groups -OCH3 is 1. The lowest BCUT2D eigenvalue weighted by Crippen LogP contribution is -2.35. The van der Waals surface area contributed by atoms with E-state index in [4.69, 9.17) is 4.74 Å². The molecule has 1 nitrogen and oxygen atoms in total. The first kappa shape index (κ1) is 22.5. The predicted molar refractivity (Wildman–Crippen MR) is 151 cm³/mol. The van der Waals surface area contributed by atoms with Gasteiger partial charge in [-0.15, -0.1) is 0 Å². The van der Waals surface area contributed by atoms with Gasteiger partial charge in [0.15, 0.2) is 5.75 Å². The molecule has 3 heteroatoms. The lowest BCUT2D eigenvalue weighted by atomic mass is 10.3. The van der Waals surface area contributed by atoms with Crippen molar-refractivity contribution >= 4 is 41.1 Å². The minimum atomic E-state index is -2.22. The third-order valence-corrected chi connectivity index (χ3v) is 16.5. The zero-order valence-corrected chi connectivity index (χ0v) is 20.9. The summed E-state index contributed by atoms with van der Waals surface area (Å²) in [6.45, 7) is -2.22. The van der Waals surface area contributed by atoms with Crippen LogP contribution in [-0.2, 0) is 0 Å². The average Bonchev–Trinajstić information content (AvgIpc) is 2.93. The fourth-order valence-electron chi connectivity index (χ4n) is 4.58. The van der Waals surface area contributed by atoms with E-state index in [-0.39, 0.29) is 0 Å². The molecule has 0 amide bonds. The second kappa shape index (κ2) is 10.4. The fourth-order valence-corrected chi connectivity index (χ4v) is 16.2. The molecule has 0 atom stereocenters. The van der Waals surface area contributed by atoms with Gasteiger partial charge < -0.3 is 4.74 Å². The maximum atomic E-state index is 6.05. The molecule has 0 aromatic heterocycles. The molecule has 0 saturated heterocycles. The second-order valence-electron chi connectivity index (χ2n) is 7.96. The zero-order valence-electron chi connectivity index (χ0n) is 19.2. The van der Waals surface area contributed by atoms with Crippen LogP contribution in [0.2, 0.25) is 0 Å². The van der Waals surface area contributed by atoms with Gasteiger partial charge in [-0.3, -0.25) is 0 Å². The van der Waals surface area contributed by atoms with Gasteiger partial charge in [0.2, 0.25) is 0 Å². The molecule has 0 unspecified atom stereocenters. The summed E-state index contributed by atoms with van der Waals surface area (Å²) >= 11 is 0. The van der Waals surface area contributed by atoms with Crippen molar-refractivity contribution in [1.82, 2.24) is 0 Å². The van der Waals surface area contributed by atoms with Gasteiger partial charge in [-0.1, -0.05) is 109 Å². The highest BCUT2D eigenvalue weighted by Gasteiger charge is 2.56. The van der Waals surface area contributed by atoms with Gasteiger partial charge in [0.05, 0.1) is 7.11 Å². The van der Waals surface area contributed by atoms with Gasteiger partial charge in [0.25, 0.3) is 0 Å². The Morgan fingerprint density at radius 3 is 1.29 bits per heavy atom. The highest BCUT2D eigenvalue weighted by Crippen LogP contribution is 2.80. The van der Waals surface area contributed by atoms with Crippen molar-refractivity contribution in [3.63, 3.8) is 0 Å². The van der Waals surface area contributed by atoms with Gasteiger partial charge in [0.1, 0.15) is 30.5 Å². The Kier molecular flexibility index (Phi) is 6.87. The number of ether oxygens (including phenoxy) is 1. The quantitative estimate of drug-likeness (QED) is 0.260. The molecule has 5 aromatic rings. The van der Waals surface area contributed by atoms with Crippen molar-refractivity contribution in [2.45, 2.75) is 0 Å². The monoisotopic (exact) mass is 477 g/mol. The van der Waals surface area contributed by atoms with Gasteiger partial charge in [-0.25, -0.2) is 0 Å². The number of hydrogen-bond donors (Lipinski definition) is 0. The van der Waals surface area contributed by atoms with Crippen molar-refractivity contribution in [3.8, 4) is 5.75 Å². The first-order valence-corrected chi connectivity index (χ1v) is 15.2. The number of benzene rings is 5. The van der Waals surface area contributed by atoms with Gasteiger partial charge >= 0.3 is 0 Å².